The number of thiocarbonyl (C=S) groups is 1. The average Bonchev–Trinajstić information content (AvgIpc) is 2.89. The molecule has 0 saturated heterocycles. The van der Waals surface area contributed by atoms with Crippen molar-refractivity contribution in [3.05, 3.63) is 65.6 Å². The zero-order valence-corrected chi connectivity index (χ0v) is 13.6. The Balaban J connectivity index is 1.55. The van der Waals surface area contributed by atoms with Crippen molar-refractivity contribution in [2.75, 3.05) is 11.9 Å². The number of hydrogen-bond donors (Lipinski definition) is 3. The van der Waals surface area contributed by atoms with Crippen molar-refractivity contribution in [2.24, 2.45) is 0 Å². The summed E-state index contributed by atoms with van der Waals surface area (Å²) >= 11 is 5.31. The van der Waals surface area contributed by atoms with Gasteiger partial charge in [-0.3, -0.25) is 0 Å². The Morgan fingerprint density at radius 1 is 1.22 bits per heavy atom. The Hall–Kier alpha value is -2.40. The van der Waals surface area contributed by atoms with Gasteiger partial charge in [-0.25, -0.2) is 4.39 Å². The Morgan fingerprint density at radius 3 is 2.91 bits per heavy atom. The molecule has 0 aliphatic carbocycles. The summed E-state index contributed by atoms with van der Waals surface area (Å²) in [6.45, 7) is 2.75. The van der Waals surface area contributed by atoms with Crippen molar-refractivity contribution in [3.8, 4) is 0 Å². The minimum Gasteiger partial charge on any atom is -0.362 e. The fraction of sp³-hybridized carbons (Fsp3) is 0.167. The molecule has 118 valence electrons. The van der Waals surface area contributed by atoms with Gasteiger partial charge in [0.1, 0.15) is 5.82 Å². The van der Waals surface area contributed by atoms with E-state index in [0.717, 1.165) is 28.6 Å². The van der Waals surface area contributed by atoms with E-state index in [1.807, 2.05) is 37.4 Å². The second-order valence-corrected chi connectivity index (χ2v) is 5.91. The molecule has 0 bridgehead atoms. The highest BCUT2D eigenvalue weighted by Gasteiger charge is 2.05. The first kappa shape index (κ1) is 15.5. The number of H-pyrrole nitrogens is 1. The van der Waals surface area contributed by atoms with Gasteiger partial charge in [0.05, 0.1) is 0 Å². The molecule has 3 rings (SSSR count). The zero-order chi connectivity index (χ0) is 16.2. The molecule has 3 nitrogen and oxygen atoms in total. The van der Waals surface area contributed by atoms with E-state index in [4.69, 9.17) is 12.2 Å². The summed E-state index contributed by atoms with van der Waals surface area (Å²) in [5.74, 6) is -0.229. The molecule has 0 saturated carbocycles. The van der Waals surface area contributed by atoms with Crippen LogP contribution in [0.4, 0.5) is 10.1 Å². The Bertz CT molecular complexity index is 841. The zero-order valence-electron chi connectivity index (χ0n) is 12.8. The number of rotatable bonds is 4. The van der Waals surface area contributed by atoms with Crippen molar-refractivity contribution in [1.82, 2.24) is 10.3 Å². The van der Waals surface area contributed by atoms with E-state index in [1.54, 1.807) is 6.07 Å². The minimum atomic E-state index is -0.229. The molecule has 3 aromatic rings. The summed E-state index contributed by atoms with van der Waals surface area (Å²) in [5.41, 5.74) is 4.13. The summed E-state index contributed by atoms with van der Waals surface area (Å²) < 4.78 is 13.2. The second-order valence-electron chi connectivity index (χ2n) is 5.50. The molecule has 0 spiro atoms. The third-order valence-corrected chi connectivity index (χ3v) is 3.93. The summed E-state index contributed by atoms with van der Waals surface area (Å²) in [7, 11) is 0. The number of fused-ring (bicyclic) bond motifs is 1. The van der Waals surface area contributed by atoms with Crippen LogP contribution in [0.3, 0.4) is 0 Å². The smallest absolute Gasteiger partial charge is 0.170 e. The Morgan fingerprint density at radius 2 is 2.09 bits per heavy atom. The van der Waals surface area contributed by atoms with E-state index < -0.39 is 0 Å². The number of halogens is 1. The predicted molar refractivity (Wildman–Crippen MR) is 97.4 cm³/mol. The Kier molecular flexibility index (Phi) is 4.57. The van der Waals surface area contributed by atoms with Crippen LogP contribution >= 0.6 is 12.2 Å². The fourth-order valence-electron chi connectivity index (χ4n) is 2.57. The molecule has 0 aliphatic rings. The van der Waals surface area contributed by atoms with Crippen molar-refractivity contribution in [3.63, 3.8) is 0 Å². The maximum atomic E-state index is 13.2. The first-order valence-corrected chi connectivity index (χ1v) is 7.90. The number of aromatic amines is 1. The highest BCUT2D eigenvalue weighted by Crippen LogP contribution is 2.19. The molecule has 23 heavy (non-hydrogen) atoms. The molecule has 0 aliphatic heterocycles. The van der Waals surface area contributed by atoms with E-state index >= 15 is 0 Å². The molecule has 0 radical (unpaired) electrons. The quantitative estimate of drug-likeness (QED) is 0.631. The van der Waals surface area contributed by atoms with Crippen molar-refractivity contribution >= 4 is 33.9 Å². The van der Waals surface area contributed by atoms with Gasteiger partial charge in [0.25, 0.3) is 0 Å². The molecule has 0 unspecified atom stereocenters. The third-order valence-electron chi connectivity index (χ3n) is 3.69. The van der Waals surface area contributed by atoms with Crippen LogP contribution in [0.1, 0.15) is 11.1 Å². The molecular weight excluding hydrogens is 309 g/mol. The third kappa shape index (κ3) is 3.87. The first-order valence-electron chi connectivity index (χ1n) is 7.49. The normalized spacial score (nSPS) is 10.7. The summed E-state index contributed by atoms with van der Waals surface area (Å²) in [6.07, 6.45) is 2.73. The maximum absolute atomic E-state index is 13.2. The van der Waals surface area contributed by atoms with Crippen molar-refractivity contribution in [2.45, 2.75) is 13.3 Å². The summed E-state index contributed by atoms with van der Waals surface area (Å²) in [6, 6.07) is 12.9. The lowest BCUT2D eigenvalue weighted by Crippen LogP contribution is -2.30. The van der Waals surface area contributed by atoms with E-state index in [0.29, 0.717) is 11.7 Å². The number of aromatic nitrogens is 1. The van der Waals surface area contributed by atoms with Gasteiger partial charge in [-0.15, -0.1) is 0 Å². The van der Waals surface area contributed by atoms with Crippen LogP contribution in [0.15, 0.2) is 48.7 Å². The standard InChI is InChI=1S/C18H18FN3S/c1-12-3-2-4-15(9-12)22-18(23)20-8-7-13-11-21-17-10-14(19)5-6-16(13)17/h2-6,9-11,21H,7-8H2,1H3,(H2,20,22,23). The topological polar surface area (TPSA) is 39.8 Å². The highest BCUT2D eigenvalue weighted by molar-refractivity contribution is 7.80. The van der Waals surface area contributed by atoms with Gasteiger partial charge in [0.15, 0.2) is 5.11 Å². The molecule has 0 atom stereocenters. The number of hydrogen-bond acceptors (Lipinski definition) is 1. The monoisotopic (exact) mass is 327 g/mol. The maximum Gasteiger partial charge on any atom is 0.170 e. The van der Waals surface area contributed by atoms with Crippen LogP contribution in [-0.2, 0) is 6.42 Å². The lowest BCUT2D eigenvalue weighted by Gasteiger charge is -2.10. The lowest BCUT2D eigenvalue weighted by atomic mass is 10.1. The molecule has 2 aromatic carbocycles. The molecule has 0 fully saturated rings. The van der Waals surface area contributed by atoms with Gasteiger partial charge in [-0.05, 0) is 67.0 Å². The fourth-order valence-corrected chi connectivity index (χ4v) is 2.79. The van der Waals surface area contributed by atoms with Gasteiger partial charge in [0.2, 0.25) is 0 Å². The van der Waals surface area contributed by atoms with Crippen molar-refractivity contribution in [1.29, 1.82) is 0 Å². The van der Waals surface area contributed by atoms with Crippen LogP contribution in [0.5, 0.6) is 0 Å². The van der Waals surface area contributed by atoms with Crippen LogP contribution in [0, 0.1) is 12.7 Å². The van der Waals surface area contributed by atoms with Crippen LogP contribution in [-0.4, -0.2) is 16.6 Å². The van der Waals surface area contributed by atoms with Crippen LogP contribution in [0.25, 0.3) is 10.9 Å². The highest BCUT2D eigenvalue weighted by atomic mass is 32.1. The minimum absolute atomic E-state index is 0.229. The number of anilines is 1. The molecule has 3 N–H and O–H groups in total. The van der Waals surface area contributed by atoms with Crippen molar-refractivity contribution < 1.29 is 4.39 Å². The first-order chi connectivity index (χ1) is 11.1. The summed E-state index contributed by atoms with van der Waals surface area (Å²) in [4.78, 5) is 3.10. The number of benzene rings is 2. The van der Waals surface area contributed by atoms with Crippen LogP contribution in [0.2, 0.25) is 0 Å². The molecule has 0 amide bonds. The van der Waals surface area contributed by atoms with E-state index in [1.165, 1.54) is 17.7 Å². The second kappa shape index (κ2) is 6.79. The summed E-state index contributed by atoms with van der Waals surface area (Å²) in [5, 5.41) is 8.01. The predicted octanol–water partition coefficient (Wildman–Crippen LogP) is 4.14. The van der Waals surface area contributed by atoms with Gasteiger partial charge in [-0.1, -0.05) is 12.1 Å². The number of nitrogens with one attached hydrogen (secondary N) is 3. The molecule has 1 heterocycles. The molecule has 5 heteroatoms. The van der Waals surface area contributed by atoms with Gasteiger partial charge < -0.3 is 15.6 Å². The number of aryl methyl sites for hydroxylation is 1. The molecule has 1 aromatic heterocycles. The van der Waals surface area contributed by atoms with Gasteiger partial charge in [0, 0.05) is 29.3 Å². The van der Waals surface area contributed by atoms with Gasteiger partial charge in [-0.2, -0.15) is 0 Å². The van der Waals surface area contributed by atoms with E-state index in [-0.39, 0.29) is 5.82 Å². The van der Waals surface area contributed by atoms with E-state index in [9.17, 15) is 4.39 Å². The van der Waals surface area contributed by atoms with E-state index in [2.05, 4.69) is 15.6 Å². The largest absolute Gasteiger partial charge is 0.362 e. The lowest BCUT2D eigenvalue weighted by molar-refractivity contribution is 0.629. The van der Waals surface area contributed by atoms with Gasteiger partial charge >= 0.3 is 0 Å². The average molecular weight is 327 g/mol. The molecular formula is C18H18FN3S. The van der Waals surface area contributed by atoms with Crippen LogP contribution < -0.4 is 10.6 Å². The SMILES string of the molecule is Cc1cccc(NC(=S)NCCc2c[nH]c3cc(F)ccc23)c1. The Labute approximate surface area is 139 Å².